The van der Waals surface area contributed by atoms with Crippen LogP contribution in [0.4, 0.5) is 25.8 Å². The molecule has 1 heterocycles. The maximum absolute atomic E-state index is 15.0. The number of benzene rings is 4. The zero-order valence-electron chi connectivity index (χ0n) is 18.6. The Morgan fingerprint density at radius 2 is 1.14 bits per heavy atom. The van der Waals surface area contributed by atoms with E-state index in [0.717, 1.165) is 40.3 Å². The Bertz CT molecular complexity index is 1440. The fraction of sp³-hybridized carbons (Fsp3) is 0.0769. The Morgan fingerprint density at radius 3 is 1.63 bits per heavy atom. The zero-order chi connectivity index (χ0) is 24.5. The molecule has 0 aliphatic carbocycles. The van der Waals surface area contributed by atoms with Gasteiger partial charge in [0.1, 0.15) is 22.5 Å². The minimum Gasteiger partial charge on any atom is -0.497 e. The highest BCUT2D eigenvalue weighted by molar-refractivity contribution is 9.10. The van der Waals surface area contributed by atoms with Crippen molar-refractivity contribution in [1.29, 1.82) is 0 Å². The highest BCUT2D eigenvalue weighted by Crippen LogP contribution is 2.40. The van der Waals surface area contributed by atoms with Crippen LogP contribution in [0.1, 0.15) is 0 Å². The Labute approximate surface area is 213 Å². The number of anilines is 3. The maximum atomic E-state index is 15.0. The van der Waals surface area contributed by atoms with E-state index in [1.165, 1.54) is 0 Å². The number of rotatable bonds is 6. The van der Waals surface area contributed by atoms with Crippen LogP contribution in [0, 0.1) is 11.6 Å². The first kappa shape index (κ1) is 23.2. The summed E-state index contributed by atoms with van der Waals surface area (Å²) in [5, 5.41) is 0. The smallest absolute Gasteiger partial charge is 0.176 e. The molecule has 176 valence electrons. The number of methoxy groups -OCH3 is 2. The summed E-state index contributed by atoms with van der Waals surface area (Å²) in [5.41, 5.74) is 3.82. The Morgan fingerprint density at radius 1 is 0.686 bits per heavy atom. The predicted molar refractivity (Wildman–Crippen MR) is 138 cm³/mol. The number of hydrogen-bond acceptors (Lipinski definition) is 6. The van der Waals surface area contributed by atoms with Crippen LogP contribution < -0.4 is 14.4 Å². The number of nitrogens with zero attached hydrogens (tertiary/aromatic N) is 3. The molecular formula is C26H18BrF2N3O2S. The molecular weight excluding hydrogens is 536 g/mol. The van der Waals surface area contributed by atoms with E-state index in [1.54, 1.807) is 26.4 Å². The van der Waals surface area contributed by atoms with Gasteiger partial charge in [0.05, 0.1) is 30.4 Å². The van der Waals surface area contributed by atoms with E-state index in [4.69, 9.17) is 9.47 Å². The molecule has 5 rings (SSSR count). The molecule has 0 radical (unpaired) electrons. The first-order valence-electron chi connectivity index (χ1n) is 10.5. The Kier molecular flexibility index (Phi) is 6.36. The molecule has 1 aromatic heterocycles. The van der Waals surface area contributed by atoms with E-state index in [2.05, 4.69) is 24.7 Å². The van der Waals surface area contributed by atoms with Crippen molar-refractivity contribution in [2.24, 2.45) is 0 Å². The molecule has 0 atom stereocenters. The summed E-state index contributed by atoms with van der Waals surface area (Å²) in [7, 11) is 3.24. The fourth-order valence-corrected chi connectivity index (χ4v) is 4.99. The third kappa shape index (κ3) is 4.21. The number of hydrogen-bond donors (Lipinski definition) is 0. The average molecular weight is 554 g/mol. The molecule has 0 aliphatic heterocycles. The predicted octanol–water partition coefficient (Wildman–Crippen LogP) is 7.89. The fourth-order valence-electron chi connectivity index (χ4n) is 3.86. The van der Waals surface area contributed by atoms with Crippen LogP contribution in [0.25, 0.3) is 22.2 Å². The van der Waals surface area contributed by atoms with Crippen molar-refractivity contribution in [3.05, 3.63) is 88.9 Å². The third-order valence-corrected chi connectivity index (χ3v) is 6.87. The lowest BCUT2D eigenvalue weighted by Gasteiger charge is -2.26. The molecule has 0 bridgehead atoms. The van der Waals surface area contributed by atoms with Gasteiger partial charge in [-0.05, 0) is 82.2 Å². The summed E-state index contributed by atoms with van der Waals surface area (Å²) in [6.07, 6.45) is 0. The van der Waals surface area contributed by atoms with Gasteiger partial charge < -0.3 is 14.4 Å². The van der Waals surface area contributed by atoms with Gasteiger partial charge in [-0.3, -0.25) is 0 Å². The average Bonchev–Trinajstić information content (AvgIpc) is 3.39. The zero-order valence-corrected chi connectivity index (χ0v) is 21.0. The minimum absolute atomic E-state index is 0.0238. The van der Waals surface area contributed by atoms with Crippen molar-refractivity contribution in [2.45, 2.75) is 0 Å². The molecule has 0 N–H and O–H groups in total. The number of halogens is 3. The summed E-state index contributed by atoms with van der Waals surface area (Å²) in [6.45, 7) is 0. The summed E-state index contributed by atoms with van der Waals surface area (Å²) in [4.78, 5) is 2.04. The normalized spacial score (nSPS) is 11.0. The molecule has 0 saturated carbocycles. The lowest BCUT2D eigenvalue weighted by atomic mass is 10.0. The number of fused-ring (bicyclic) bond motifs is 1. The second kappa shape index (κ2) is 9.59. The van der Waals surface area contributed by atoms with Gasteiger partial charge in [-0.25, -0.2) is 8.78 Å². The van der Waals surface area contributed by atoms with Crippen LogP contribution in [0.2, 0.25) is 0 Å². The standard InChI is InChI=1S/C26H18BrF2N3O2S/c1-33-19-11-7-17(8-12-19)32(18-9-13-20(34-2)14-10-18)16-5-3-15(4-6-16)21-23(28)24(29)22(27)26-25(21)30-35-31-26/h3-14H,1-2H3. The molecule has 35 heavy (non-hydrogen) atoms. The monoisotopic (exact) mass is 553 g/mol. The summed E-state index contributed by atoms with van der Waals surface area (Å²) < 4.78 is 48.4. The first-order chi connectivity index (χ1) is 17.0. The second-order valence-electron chi connectivity index (χ2n) is 7.56. The van der Waals surface area contributed by atoms with E-state index >= 15 is 0 Å². The summed E-state index contributed by atoms with van der Waals surface area (Å²) in [5.74, 6) is -0.464. The first-order valence-corrected chi connectivity index (χ1v) is 12.0. The van der Waals surface area contributed by atoms with Gasteiger partial charge in [-0.15, -0.1) is 0 Å². The summed E-state index contributed by atoms with van der Waals surface area (Å²) in [6, 6.07) is 22.5. The van der Waals surface area contributed by atoms with Crippen LogP contribution in [-0.4, -0.2) is 23.0 Å². The van der Waals surface area contributed by atoms with Crippen LogP contribution in [-0.2, 0) is 0 Å². The second-order valence-corrected chi connectivity index (χ2v) is 8.88. The Balaban J connectivity index is 1.61. The van der Waals surface area contributed by atoms with Gasteiger partial charge in [0.15, 0.2) is 11.6 Å². The lowest BCUT2D eigenvalue weighted by molar-refractivity contribution is 0.415. The molecule has 0 amide bonds. The van der Waals surface area contributed by atoms with Crippen LogP contribution in [0.15, 0.2) is 77.3 Å². The number of aromatic nitrogens is 2. The molecule has 0 saturated heterocycles. The summed E-state index contributed by atoms with van der Waals surface area (Å²) >= 11 is 3.99. The van der Waals surface area contributed by atoms with E-state index in [-0.39, 0.29) is 10.0 Å². The molecule has 0 aliphatic rings. The highest BCUT2D eigenvalue weighted by Gasteiger charge is 2.23. The maximum Gasteiger partial charge on any atom is 0.176 e. The van der Waals surface area contributed by atoms with Gasteiger partial charge in [-0.2, -0.15) is 8.75 Å². The van der Waals surface area contributed by atoms with E-state index in [0.29, 0.717) is 16.6 Å². The molecule has 4 aromatic carbocycles. The SMILES string of the molecule is COc1ccc(N(c2ccc(OC)cc2)c2ccc(-c3c(F)c(F)c(Br)c4nsnc34)cc2)cc1. The van der Waals surface area contributed by atoms with Gasteiger partial charge in [0, 0.05) is 22.6 Å². The topological polar surface area (TPSA) is 47.5 Å². The van der Waals surface area contributed by atoms with Crippen molar-refractivity contribution in [1.82, 2.24) is 8.75 Å². The molecule has 9 heteroatoms. The van der Waals surface area contributed by atoms with Crippen LogP contribution >= 0.6 is 27.7 Å². The van der Waals surface area contributed by atoms with Gasteiger partial charge >= 0.3 is 0 Å². The van der Waals surface area contributed by atoms with Gasteiger partial charge in [-0.1, -0.05) is 12.1 Å². The van der Waals surface area contributed by atoms with Crippen molar-refractivity contribution >= 4 is 55.8 Å². The molecule has 5 aromatic rings. The van der Waals surface area contributed by atoms with Gasteiger partial charge in [0.25, 0.3) is 0 Å². The minimum atomic E-state index is -0.984. The van der Waals surface area contributed by atoms with Crippen LogP contribution in [0.5, 0.6) is 11.5 Å². The van der Waals surface area contributed by atoms with Gasteiger partial charge in [0.2, 0.25) is 0 Å². The third-order valence-electron chi connectivity index (χ3n) is 5.61. The van der Waals surface area contributed by atoms with Crippen molar-refractivity contribution in [3.63, 3.8) is 0 Å². The molecule has 0 unspecified atom stereocenters. The van der Waals surface area contributed by atoms with E-state index in [1.807, 2.05) is 65.6 Å². The quantitative estimate of drug-likeness (QED) is 0.200. The van der Waals surface area contributed by atoms with Crippen molar-refractivity contribution in [3.8, 4) is 22.6 Å². The van der Waals surface area contributed by atoms with Crippen molar-refractivity contribution < 1.29 is 18.3 Å². The lowest BCUT2D eigenvalue weighted by Crippen LogP contribution is -2.09. The Hall–Kier alpha value is -3.56. The molecule has 0 fully saturated rings. The van der Waals surface area contributed by atoms with E-state index in [9.17, 15) is 8.78 Å². The van der Waals surface area contributed by atoms with Crippen molar-refractivity contribution in [2.75, 3.05) is 19.1 Å². The highest BCUT2D eigenvalue weighted by atomic mass is 79.9. The van der Waals surface area contributed by atoms with E-state index < -0.39 is 11.6 Å². The molecule has 5 nitrogen and oxygen atoms in total. The van der Waals surface area contributed by atoms with Crippen LogP contribution in [0.3, 0.4) is 0 Å². The number of ether oxygens (including phenoxy) is 2. The largest absolute Gasteiger partial charge is 0.497 e. The molecule has 0 spiro atoms.